The Kier molecular flexibility index (Phi) is 3.80. The first-order valence-corrected chi connectivity index (χ1v) is 8.14. The summed E-state index contributed by atoms with van der Waals surface area (Å²) in [6.45, 7) is 2.02. The van der Waals surface area contributed by atoms with Crippen molar-refractivity contribution in [3.63, 3.8) is 0 Å². The molecule has 0 radical (unpaired) electrons. The Morgan fingerprint density at radius 1 is 1.08 bits per heavy atom. The summed E-state index contributed by atoms with van der Waals surface area (Å²) in [5, 5.41) is 1.30. The summed E-state index contributed by atoms with van der Waals surface area (Å²) in [7, 11) is 1.55. The first-order chi connectivity index (χ1) is 12.6. The highest BCUT2D eigenvalue weighted by atomic mass is 16.5. The second-order valence-corrected chi connectivity index (χ2v) is 6.02. The molecular formula is C20H16N2O4. The molecule has 0 aliphatic carbocycles. The highest BCUT2D eigenvalue weighted by Crippen LogP contribution is 2.23. The maximum atomic E-state index is 12.9. The maximum Gasteiger partial charge on any atom is 0.336 e. The summed E-state index contributed by atoms with van der Waals surface area (Å²) in [6.07, 6.45) is 0. The molecule has 0 saturated carbocycles. The van der Waals surface area contributed by atoms with Crippen molar-refractivity contribution in [2.24, 2.45) is 0 Å². The van der Waals surface area contributed by atoms with Gasteiger partial charge in [-0.3, -0.25) is 9.36 Å². The van der Waals surface area contributed by atoms with Gasteiger partial charge in [-0.15, -0.1) is 0 Å². The average molecular weight is 348 g/mol. The van der Waals surface area contributed by atoms with E-state index in [-0.39, 0.29) is 12.1 Å². The largest absolute Gasteiger partial charge is 0.497 e. The molecule has 0 saturated heterocycles. The summed E-state index contributed by atoms with van der Waals surface area (Å²) >= 11 is 0. The molecule has 0 bridgehead atoms. The van der Waals surface area contributed by atoms with E-state index >= 15 is 0 Å². The van der Waals surface area contributed by atoms with Gasteiger partial charge in [0, 0.05) is 17.5 Å². The molecule has 26 heavy (non-hydrogen) atoms. The molecule has 0 aliphatic heterocycles. The number of benzene rings is 2. The maximum absolute atomic E-state index is 12.9. The third-order valence-electron chi connectivity index (χ3n) is 4.42. The molecule has 2 aromatic carbocycles. The quantitative estimate of drug-likeness (QED) is 0.532. The minimum Gasteiger partial charge on any atom is -0.497 e. The van der Waals surface area contributed by atoms with Crippen molar-refractivity contribution in [1.82, 2.24) is 9.55 Å². The molecule has 0 amide bonds. The summed E-state index contributed by atoms with van der Waals surface area (Å²) in [6, 6.07) is 13.9. The van der Waals surface area contributed by atoms with Crippen LogP contribution in [-0.4, -0.2) is 16.7 Å². The van der Waals surface area contributed by atoms with Crippen LogP contribution in [0.4, 0.5) is 0 Å². The van der Waals surface area contributed by atoms with Crippen LogP contribution in [0, 0.1) is 6.92 Å². The van der Waals surface area contributed by atoms with Gasteiger partial charge >= 0.3 is 5.63 Å². The van der Waals surface area contributed by atoms with Crippen molar-refractivity contribution in [1.29, 1.82) is 0 Å². The fourth-order valence-corrected chi connectivity index (χ4v) is 3.10. The van der Waals surface area contributed by atoms with Gasteiger partial charge in [0.15, 0.2) is 0 Å². The summed E-state index contributed by atoms with van der Waals surface area (Å²) in [5.41, 5.74) is 1.17. The predicted octanol–water partition coefficient (Wildman–Crippen LogP) is 2.87. The van der Waals surface area contributed by atoms with Gasteiger partial charge in [0.05, 0.1) is 24.6 Å². The van der Waals surface area contributed by atoms with Crippen LogP contribution in [0.5, 0.6) is 5.75 Å². The fourth-order valence-electron chi connectivity index (χ4n) is 3.10. The highest BCUT2D eigenvalue weighted by molar-refractivity contribution is 5.82. The molecule has 4 rings (SSSR count). The normalized spacial score (nSPS) is 11.2. The number of rotatable bonds is 3. The molecule has 4 aromatic rings. The molecule has 0 spiro atoms. The van der Waals surface area contributed by atoms with Crippen LogP contribution in [0.25, 0.3) is 21.9 Å². The molecule has 130 valence electrons. The molecule has 2 heterocycles. The zero-order valence-electron chi connectivity index (χ0n) is 14.4. The zero-order valence-corrected chi connectivity index (χ0v) is 14.4. The lowest BCUT2D eigenvalue weighted by atomic mass is 10.1. The Morgan fingerprint density at radius 3 is 2.69 bits per heavy atom. The van der Waals surface area contributed by atoms with Crippen molar-refractivity contribution < 1.29 is 9.15 Å². The Balaban J connectivity index is 1.92. The Morgan fingerprint density at radius 2 is 1.88 bits per heavy atom. The minimum atomic E-state index is -0.472. The Bertz CT molecular complexity index is 1250. The summed E-state index contributed by atoms with van der Waals surface area (Å²) in [4.78, 5) is 29.3. The average Bonchev–Trinajstić information content (AvgIpc) is 2.64. The number of hydrogen-bond donors (Lipinski definition) is 0. The van der Waals surface area contributed by atoms with E-state index in [1.54, 1.807) is 36.8 Å². The third-order valence-corrected chi connectivity index (χ3v) is 4.42. The molecule has 0 atom stereocenters. The second-order valence-electron chi connectivity index (χ2n) is 6.02. The number of aromatic nitrogens is 2. The molecule has 0 N–H and O–H groups in total. The molecule has 0 aliphatic rings. The second kappa shape index (κ2) is 6.15. The van der Waals surface area contributed by atoms with E-state index < -0.39 is 5.63 Å². The van der Waals surface area contributed by atoms with E-state index in [4.69, 9.17) is 9.15 Å². The molecule has 0 unspecified atom stereocenters. The van der Waals surface area contributed by atoms with Crippen molar-refractivity contribution >= 4 is 21.9 Å². The lowest BCUT2D eigenvalue weighted by molar-refractivity contribution is 0.414. The van der Waals surface area contributed by atoms with E-state index in [2.05, 4.69) is 4.98 Å². The van der Waals surface area contributed by atoms with Crippen LogP contribution in [-0.2, 0) is 6.54 Å². The van der Waals surface area contributed by atoms with Gasteiger partial charge in [-0.05, 0) is 36.8 Å². The van der Waals surface area contributed by atoms with E-state index in [9.17, 15) is 9.59 Å². The predicted molar refractivity (Wildman–Crippen MR) is 98.9 cm³/mol. The van der Waals surface area contributed by atoms with E-state index in [1.807, 2.05) is 24.3 Å². The minimum absolute atomic E-state index is 0.136. The first-order valence-electron chi connectivity index (χ1n) is 8.14. The number of aryl methyl sites for hydroxylation is 1. The van der Waals surface area contributed by atoms with Crippen LogP contribution in [0.1, 0.15) is 11.4 Å². The van der Waals surface area contributed by atoms with Crippen LogP contribution < -0.4 is 15.9 Å². The molecule has 6 heteroatoms. The number of nitrogens with zero attached hydrogens (tertiary/aromatic N) is 2. The molecule has 6 nitrogen and oxygen atoms in total. The van der Waals surface area contributed by atoms with Crippen molar-refractivity contribution in [2.45, 2.75) is 13.5 Å². The molecule has 0 fully saturated rings. The third kappa shape index (κ3) is 2.65. The SMILES string of the molecule is COc1ccc2c(Cn3c(C)nc4ccccc4c3=O)cc(=O)oc2c1. The lowest BCUT2D eigenvalue weighted by Crippen LogP contribution is -2.25. The van der Waals surface area contributed by atoms with Gasteiger partial charge in [-0.1, -0.05) is 12.1 Å². The topological polar surface area (TPSA) is 74.3 Å². The molecular weight excluding hydrogens is 332 g/mol. The van der Waals surface area contributed by atoms with Gasteiger partial charge in [-0.2, -0.15) is 0 Å². The van der Waals surface area contributed by atoms with Gasteiger partial charge in [-0.25, -0.2) is 9.78 Å². The van der Waals surface area contributed by atoms with Crippen LogP contribution in [0.15, 0.2) is 62.5 Å². The molecule has 2 aromatic heterocycles. The van der Waals surface area contributed by atoms with E-state index in [0.29, 0.717) is 33.6 Å². The van der Waals surface area contributed by atoms with E-state index in [1.165, 1.54) is 6.07 Å². The van der Waals surface area contributed by atoms with Gasteiger partial charge in [0.1, 0.15) is 17.2 Å². The van der Waals surface area contributed by atoms with Gasteiger partial charge in [0.25, 0.3) is 5.56 Å². The van der Waals surface area contributed by atoms with E-state index in [0.717, 1.165) is 5.39 Å². The van der Waals surface area contributed by atoms with Gasteiger partial charge < -0.3 is 9.15 Å². The van der Waals surface area contributed by atoms with Crippen LogP contribution >= 0.6 is 0 Å². The van der Waals surface area contributed by atoms with Crippen molar-refractivity contribution in [3.8, 4) is 5.75 Å². The standard InChI is InChI=1S/C20H16N2O4/c1-12-21-17-6-4-3-5-16(17)20(24)22(12)11-13-9-19(23)26-18-10-14(25-2)7-8-15(13)18/h3-10H,11H2,1-2H3. The van der Waals surface area contributed by atoms with Crippen molar-refractivity contribution in [2.75, 3.05) is 7.11 Å². The van der Waals surface area contributed by atoms with Crippen molar-refractivity contribution in [3.05, 3.63) is 80.7 Å². The number of para-hydroxylation sites is 1. The summed E-state index contributed by atoms with van der Waals surface area (Å²) in [5.74, 6) is 1.18. The zero-order chi connectivity index (χ0) is 18.3. The number of hydrogen-bond acceptors (Lipinski definition) is 5. The fraction of sp³-hybridized carbons (Fsp3) is 0.150. The smallest absolute Gasteiger partial charge is 0.336 e. The first kappa shape index (κ1) is 16.1. The highest BCUT2D eigenvalue weighted by Gasteiger charge is 2.12. The monoisotopic (exact) mass is 348 g/mol. The number of methoxy groups -OCH3 is 1. The van der Waals surface area contributed by atoms with Gasteiger partial charge in [0.2, 0.25) is 0 Å². The Hall–Kier alpha value is -3.41. The Labute approximate surface area is 148 Å². The van der Waals surface area contributed by atoms with Crippen LogP contribution in [0.2, 0.25) is 0 Å². The van der Waals surface area contributed by atoms with Crippen LogP contribution in [0.3, 0.4) is 0 Å². The summed E-state index contributed by atoms with van der Waals surface area (Å²) < 4.78 is 12.0. The number of ether oxygens (including phenoxy) is 1. The lowest BCUT2D eigenvalue weighted by Gasteiger charge is -2.12. The number of fused-ring (bicyclic) bond motifs is 2.